The molecule has 1 rings (SSSR count). The fourth-order valence-electron chi connectivity index (χ4n) is 2.07. The summed E-state index contributed by atoms with van der Waals surface area (Å²) in [6.45, 7) is 6.94. The van der Waals surface area contributed by atoms with Crippen molar-refractivity contribution in [3.05, 3.63) is 26.6 Å². The van der Waals surface area contributed by atoms with E-state index >= 15 is 0 Å². The molecule has 4 nitrogen and oxygen atoms in total. The Morgan fingerprint density at radius 2 is 1.81 bits per heavy atom. The number of hydrogen-bond donors (Lipinski definition) is 1. The Bertz CT molecular complexity index is 454. The van der Waals surface area contributed by atoms with Crippen molar-refractivity contribution >= 4 is 37.8 Å². The van der Waals surface area contributed by atoms with Crippen LogP contribution in [0.3, 0.4) is 0 Å². The number of benzene rings is 1. The Morgan fingerprint density at radius 3 is 2.29 bits per heavy atom. The molecule has 0 radical (unpaired) electrons. The molecule has 21 heavy (non-hydrogen) atoms. The zero-order valence-corrected chi connectivity index (χ0v) is 15.9. The van der Waals surface area contributed by atoms with Crippen LogP contribution in [0.4, 0.5) is 0 Å². The van der Waals surface area contributed by atoms with Crippen molar-refractivity contribution in [2.75, 3.05) is 26.7 Å². The van der Waals surface area contributed by atoms with Gasteiger partial charge in [-0.05, 0) is 63.4 Å². The molecule has 0 bridgehead atoms. The summed E-state index contributed by atoms with van der Waals surface area (Å²) in [7, 11) is 1.64. The van der Waals surface area contributed by atoms with Crippen molar-refractivity contribution < 1.29 is 9.53 Å². The number of amides is 1. The van der Waals surface area contributed by atoms with Crippen LogP contribution in [-0.2, 0) is 11.3 Å². The fraction of sp³-hybridized carbons (Fsp3) is 0.533. The van der Waals surface area contributed by atoms with E-state index in [-0.39, 0.29) is 5.91 Å². The van der Waals surface area contributed by atoms with Crippen molar-refractivity contribution in [1.82, 2.24) is 10.2 Å². The molecule has 0 saturated carbocycles. The maximum absolute atomic E-state index is 11.9. The van der Waals surface area contributed by atoms with E-state index in [2.05, 4.69) is 37.2 Å². The topological polar surface area (TPSA) is 41.6 Å². The van der Waals surface area contributed by atoms with Crippen molar-refractivity contribution in [1.29, 1.82) is 0 Å². The molecule has 1 aromatic carbocycles. The van der Waals surface area contributed by atoms with Crippen LogP contribution < -0.4 is 10.1 Å². The number of rotatable bonds is 8. The van der Waals surface area contributed by atoms with Crippen LogP contribution in [0, 0.1) is 0 Å². The summed E-state index contributed by atoms with van der Waals surface area (Å²) in [5, 5.41) is 3.30. The first-order valence-electron chi connectivity index (χ1n) is 7.03. The number of halogens is 2. The molecule has 1 aromatic rings. The van der Waals surface area contributed by atoms with Crippen molar-refractivity contribution in [3.8, 4) is 5.75 Å². The fourth-order valence-corrected chi connectivity index (χ4v) is 3.68. The number of nitrogens with one attached hydrogen (secondary N) is 1. The molecule has 0 spiro atoms. The van der Waals surface area contributed by atoms with Gasteiger partial charge in [0.1, 0.15) is 5.75 Å². The van der Waals surface area contributed by atoms with Gasteiger partial charge in [0.25, 0.3) is 0 Å². The quantitative estimate of drug-likeness (QED) is 0.652. The molecular weight excluding hydrogens is 400 g/mol. The van der Waals surface area contributed by atoms with Crippen LogP contribution >= 0.6 is 31.9 Å². The first-order valence-corrected chi connectivity index (χ1v) is 8.62. The number of carbonyl (C=O) groups excluding carboxylic acids is 1. The monoisotopic (exact) mass is 420 g/mol. The van der Waals surface area contributed by atoms with Gasteiger partial charge in [-0.15, -0.1) is 0 Å². The number of hydrogen-bond acceptors (Lipinski definition) is 3. The number of ether oxygens (including phenoxy) is 1. The standard InChI is InChI=1S/C15H22Br2N2O2/c1-4-19(5-2)14(20)6-7-18-10-11-8-12(16)15(21-3)13(17)9-11/h8-9,18H,4-7,10H2,1-3H3. The highest BCUT2D eigenvalue weighted by atomic mass is 79.9. The van der Waals surface area contributed by atoms with Gasteiger partial charge in [0.2, 0.25) is 5.91 Å². The molecule has 0 saturated heterocycles. The highest BCUT2D eigenvalue weighted by Gasteiger charge is 2.10. The predicted octanol–water partition coefficient (Wildman–Crippen LogP) is 3.57. The number of nitrogens with zero attached hydrogens (tertiary/aromatic N) is 1. The lowest BCUT2D eigenvalue weighted by Gasteiger charge is -2.18. The second-order valence-electron chi connectivity index (χ2n) is 4.59. The summed E-state index contributed by atoms with van der Waals surface area (Å²) in [4.78, 5) is 13.7. The average molecular weight is 422 g/mol. The van der Waals surface area contributed by atoms with E-state index in [1.807, 2.05) is 30.9 Å². The molecule has 0 aliphatic heterocycles. The Morgan fingerprint density at radius 1 is 1.24 bits per heavy atom. The minimum atomic E-state index is 0.199. The smallest absolute Gasteiger partial charge is 0.223 e. The van der Waals surface area contributed by atoms with Crippen LogP contribution in [0.15, 0.2) is 21.1 Å². The second kappa shape index (κ2) is 9.43. The minimum Gasteiger partial charge on any atom is -0.494 e. The van der Waals surface area contributed by atoms with E-state index in [1.165, 1.54) is 0 Å². The molecule has 0 unspecified atom stereocenters. The highest BCUT2D eigenvalue weighted by molar-refractivity contribution is 9.11. The summed E-state index contributed by atoms with van der Waals surface area (Å²) in [6, 6.07) is 4.03. The van der Waals surface area contributed by atoms with E-state index in [0.717, 1.165) is 33.3 Å². The van der Waals surface area contributed by atoms with E-state index in [1.54, 1.807) is 7.11 Å². The molecule has 118 valence electrons. The Labute approximate surface area is 143 Å². The van der Waals surface area contributed by atoms with Crippen molar-refractivity contribution in [2.45, 2.75) is 26.8 Å². The minimum absolute atomic E-state index is 0.199. The highest BCUT2D eigenvalue weighted by Crippen LogP contribution is 2.34. The third-order valence-corrected chi connectivity index (χ3v) is 4.40. The maximum Gasteiger partial charge on any atom is 0.223 e. The van der Waals surface area contributed by atoms with Gasteiger partial charge in [0, 0.05) is 32.6 Å². The van der Waals surface area contributed by atoms with Crippen LogP contribution in [0.2, 0.25) is 0 Å². The van der Waals surface area contributed by atoms with Gasteiger partial charge in [-0.1, -0.05) is 0 Å². The summed E-state index contributed by atoms with van der Waals surface area (Å²) in [6.07, 6.45) is 0.528. The van der Waals surface area contributed by atoms with Gasteiger partial charge in [-0.3, -0.25) is 4.79 Å². The summed E-state index contributed by atoms with van der Waals surface area (Å²) < 4.78 is 7.10. The molecule has 0 fully saturated rings. The Kier molecular flexibility index (Phi) is 8.29. The lowest BCUT2D eigenvalue weighted by molar-refractivity contribution is -0.130. The first-order chi connectivity index (χ1) is 10.0. The lowest BCUT2D eigenvalue weighted by Crippen LogP contribution is -2.32. The molecule has 1 N–H and O–H groups in total. The summed E-state index contributed by atoms with van der Waals surface area (Å²) in [5.41, 5.74) is 1.13. The van der Waals surface area contributed by atoms with Gasteiger partial charge in [-0.2, -0.15) is 0 Å². The summed E-state index contributed by atoms with van der Waals surface area (Å²) >= 11 is 6.97. The van der Waals surface area contributed by atoms with Gasteiger partial charge in [0.05, 0.1) is 16.1 Å². The second-order valence-corrected chi connectivity index (χ2v) is 6.29. The first kappa shape index (κ1) is 18.5. The van der Waals surface area contributed by atoms with Gasteiger partial charge >= 0.3 is 0 Å². The average Bonchev–Trinajstić information content (AvgIpc) is 2.44. The SMILES string of the molecule is CCN(CC)C(=O)CCNCc1cc(Br)c(OC)c(Br)c1. The van der Waals surface area contributed by atoms with Crippen LogP contribution in [0.25, 0.3) is 0 Å². The molecule has 0 aliphatic rings. The van der Waals surface area contributed by atoms with Gasteiger partial charge < -0.3 is 15.0 Å². The van der Waals surface area contributed by atoms with Crippen molar-refractivity contribution in [2.24, 2.45) is 0 Å². The van der Waals surface area contributed by atoms with E-state index in [0.29, 0.717) is 19.5 Å². The summed E-state index contributed by atoms with van der Waals surface area (Å²) in [5.74, 6) is 0.986. The van der Waals surface area contributed by atoms with Crippen LogP contribution in [-0.4, -0.2) is 37.6 Å². The van der Waals surface area contributed by atoms with Gasteiger partial charge in [-0.25, -0.2) is 0 Å². The van der Waals surface area contributed by atoms with E-state index < -0.39 is 0 Å². The predicted molar refractivity (Wildman–Crippen MR) is 92.6 cm³/mol. The Balaban J connectivity index is 2.45. The van der Waals surface area contributed by atoms with Crippen molar-refractivity contribution in [3.63, 3.8) is 0 Å². The molecule has 1 amide bonds. The molecule has 0 aromatic heterocycles. The maximum atomic E-state index is 11.9. The number of carbonyl (C=O) groups is 1. The molecule has 0 heterocycles. The number of methoxy groups -OCH3 is 1. The van der Waals surface area contributed by atoms with E-state index in [9.17, 15) is 4.79 Å². The van der Waals surface area contributed by atoms with Crippen LogP contribution in [0.1, 0.15) is 25.8 Å². The zero-order chi connectivity index (χ0) is 15.8. The molecule has 0 atom stereocenters. The third kappa shape index (κ3) is 5.60. The zero-order valence-electron chi connectivity index (χ0n) is 12.7. The van der Waals surface area contributed by atoms with E-state index in [4.69, 9.17) is 4.74 Å². The largest absolute Gasteiger partial charge is 0.494 e. The normalized spacial score (nSPS) is 10.5. The third-order valence-electron chi connectivity index (χ3n) is 3.22. The Hall–Kier alpha value is -0.590. The lowest BCUT2D eigenvalue weighted by atomic mass is 10.2. The van der Waals surface area contributed by atoms with Gasteiger partial charge in [0.15, 0.2) is 0 Å². The van der Waals surface area contributed by atoms with Crippen LogP contribution in [0.5, 0.6) is 5.75 Å². The molecular formula is C15H22Br2N2O2. The molecule has 0 aliphatic carbocycles. The molecule has 6 heteroatoms.